The van der Waals surface area contributed by atoms with Crippen molar-refractivity contribution in [1.82, 2.24) is 29.7 Å². The maximum atomic E-state index is 13.4. The minimum atomic E-state index is -2.75. The molecular formula is C34H43BrN9O3P. The number of anilines is 5. The number of piperazine rings is 1. The monoisotopic (exact) mass is 735 g/mol. The molecule has 2 N–H and O–H groups in total. The highest BCUT2D eigenvalue weighted by Crippen LogP contribution is 2.42. The van der Waals surface area contributed by atoms with E-state index in [9.17, 15) is 9.36 Å². The van der Waals surface area contributed by atoms with Crippen molar-refractivity contribution in [2.24, 2.45) is 0 Å². The number of amides is 1. The van der Waals surface area contributed by atoms with E-state index in [0.717, 1.165) is 64.2 Å². The van der Waals surface area contributed by atoms with Gasteiger partial charge in [-0.25, -0.2) is 4.98 Å². The second kappa shape index (κ2) is 14.4. The number of piperidine rings is 1. The fourth-order valence-electron chi connectivity index (χ4n) is 6.76. The van der Waals surface area contributed by atoms with Crippen molar-refractivity contribution in [2.75, 3.05) is 75.2 Å². The third-order valence-electron chi connectivity index (χ3n) is 9.26. The van der Waals surface area contributed by atoms with E-state index in [2.05, 4.69) is 70.4 Å². The molecule has 254 valence electrons. The second-order valence-corrected chi connectivity index (χ2v) is 16.7. The van der Waals surface area contributed by atoms with Crippen LogP contribution in [0.5, 0.6) is 5.75 Å². The number of halogens is 1. The molecule has 0 unspecified atom stereocenters. The van der Waals surface area contributed by atoms with Gasteiger partial charge in [-0.2, -0.15) is 4.98 Å². The van der Waals surface area contributed by atoms with Crippen LogP contribution in [-0.2, 0) is 15.8 Å². The maximum absolute atomic E-state index is 13.4. The topological polar surface area (TPSA) is 129 Å². The lowest BCUT2D eigenvalue weighted by Gasteiger charge is -2.43. The Morgan fingerprint density at radius 1 is 1.00 bits per heavy atom. The highest BCUT2D eigenvalue weighted by atomic mass is 79.9. The highest BCUT2D eigenvalue weighted by molar-refractivity contribution is 9.10. The van der Waals surface area contributed by atoms with Crippen LogP contribution in [0, 0.1) is 0 Å². The summed E-state index contributed by atoms with van der Waals surface area (Å²) in [6.45, 7) is 12.8. The second-order valence-electron chi connectivity index (χ2n) is 12.7. The number of hydrogen-bond donors (Lipinski definition) is 2. The Balaban J connectivity index is 1.20. The Morgan fingerprint density at radius 3 is 2.40 bits per heavy atom. The molecule has 6 rings (SSSR count). The van der Waals surface area contributed by atoms with Crippen LogP contribution in [0.2, 0.25) is 0 Å². The summed E-state index contributed by atoms with van der Waals surface area (Å²) >= 11 is 3.58. The zero-order valence-electron chi connectivity index (χ0n) is 28.2. The van der Waals surface area contributed by atoms with Crippen molar-refractivity contribution in [3.8, 4) is 5.75 Å². The number of carbonyl (C=O) groups excluding carboxylic acids is 1. The van der Waals surface area contributed by atoms with Crippen molar-refractivity contribution in [3.63, 3.8) is 0 Å². The predicted octanol–water partition coefficient (Wildman–Crippen LogP) is 5.62. The quantitative estimate of drug-likeness (QED) is 0.208. The first-order chi connectivity index (χ1) is 23.0. The summed E-state index contributed by atoms with van der Waals surface area (Å²) < 4.78 is 20.0. The van der Waals surface area contributed by atoms with E-state index in [1.165, 1.54) is 11.3 Å². The van der Waals surface area contributed by atoms with E-state index >= 15 is 0 Å². The molecule has 0 spiro atoms. The minimum Gasteiger partial charge on any atom is -0.494 e. The average molecular weight is 737 g/mol. The number of aryl methyl sites for hydroxylation is 1. The first-order valence-corrected chi connectivity index (χ1v) is 19.8. The van der Waals surface area contributed by atoms with Crippen molar-refractivity contribution >= 4 is 74.1 Å². The van der Waals surface area contributed by atoms with E-state index < -0.39 is 7.14 Å². The molecule has 4 aromatic rings. The lowest BCUT2D eigenvalue weighted by atomic mass is 9.99. The zero-order chi connectivity index (χ0) is 34.0. The molecule has 0 atom stereocenters. The van der Waals surface area contributed by atoms with Gasteiger partial charge in [-0.15, -0.1) is 0 Å². The number of methoxy groups -OCH3 is 1. The molecule has 0 radical (unpaired) electrons. The Bertz CT molecular complexity index is 1850. The van der Waals surface area contributed by atoms with Gasteiger partial charge in [0.25, 0.3) is 0 Å². The summed E-state index contributed by atoms with van der Waals surface area (Å²) in [6.07, 6.45) is 7.96. The molecule has 4 heterocycles. The number of hydrogen-bond acceptors (Lipinski definition) is 11. The molecule has 14 heteroatoms. The molecule has 2 saturated heterocycles. The number of aromatic nitrogens is 4. The van der Waals surface area contributed by atoms with Gasteiger partial charge in [0, 0.05) is 82.6 Å². The normalized spacial score (nSPS) is 16.3. The van der Waals surface area contributed by atoms with Crippen LogP contribution >= 0.6 is 23.1 Å². The van der Waals surface area contributed by atoms with E-state index in [1.807, 2.05) is 17.0 Å². The van der Waals surface area contributed by atoms with Gasteiger partial charge in [0.15, 0.2) is 0 Å². The lowest BCUT2D eigenvalue weighted by Crippen LogP contribution is -2.54. The van der Waals surface area contributed by atoms with E-state index in [4.69, 9.17) is 9.72 Å². The lowest BCUT2D eigenvalue weighted by molar-refractivity contribution is -0.130. The molecule has 0 bridgehead atoms. The van der Waals surface area contributed by atoms with Crippen LogP contribution in [0.25, 0.3) is 11.0 Å². The Labute approximate surface area is 290 Å². The van der Waals surface area contributed by atoms with Gasteiger partial charge in [0.1, 0.15) is 24.2 Å². The standard InChI is InChI=1S/C34H43BrN9O3P/c1-6-23-19-28(30(47-3)20-29(23)44-13-9-24(10-14-44)43-17-15-42(16-18-43)22(2)45)40-34-38-21-25(35)33(41-34)39-27-8-7-26-31(37-12-11-36-26)32(27)48(4,5)46/h7-8,11-12,19-21,24H,6,9-10,13-18H2,1-5H3,(H2,38,39,40,41). The Kier molecular flexibility index (Phi) is 10.2. The van der Waals surface area contributed by atoms with Gasteiger partial charge in [-0.05, 0) is 72.3 Å². The maximum Gasteiger partial charge on any atom is 0.229 e. The summed E-state index contributed by atoms with van der Waals surface area (Å²) in [7, 11) is -1.07. The van der Waals surface area contributed by atoms with Crippen LogP contribution in [-0.4, -0.2) is 101 Å². The van der Waals surface area contributed by atoms with Crippen molar-refractivity contribution in [1.29, 1.82) is 0 Å². The minimum absolute atomic E-state index is 0.170. The molecule has 2 fully saturated rings. The zero-order valence-corrected chi connectivity index (χ0v) is 30.6. The number of ether oxygens (including phenoxy) is 1. The third kappa shape index (κ3) is 7.28. The summed E-state index contributed by atoms with van der Waals surface area (Å²) in [4.78, 5) is 36.9. The molecule has 0 saturated carbocycles. The predicted molar refractivity (Wildman–Crippen MR) is 196 cm³/mol. The van der Waals surface area contributed by atoms with E-state index in [0.29, 0.717) is 50.1 Å². The molecule has 2 aliphatic rings. The summed E-state index contributed by atoms with van der Waals surface area (Å²) in [5.74, 6) is 1.78. The SMILES string of the molecule is CCc1cc(Nc2ncc(Br)c(Nc3ccc4nccnc4c3P(C)(C)=O)n2)c(OC)cc1N1CCC(N2CCN(C(C)=O)CC2)CC1. The van der Waals surface area contributed by atoms with Crippen LogP contribution in [0.15, 0.2) is 47.3 Å². The molecule has 12 nitrogen and oxygen atoms in total. The average Bonchev–Trinajstić information content (AvgIpc) is 3.09. The van der Waals surface area contributed by atoms with Crippen LogP contribution < -0.4 is 25.6 Å². The van der Waals surface area contributed by atoms with Gasteiger partial charge in [-0.3, -0.25) is 19.7 Å². The molecule has 48 heavy (non-hydrogen) atoms. The van der Waals surface area contributed by atoms with Gasteiger partial charge in [0.2, 0.25) is 11.9 Å². The number of rotatable bonds is 9. The molecule has 2 aromatic heterocycles. The Hall–Kier alpha value is -3.80. The molecule has 1 amide bonds. The molecule has 0 aliphatic carbocycles. The molecule has 2 aromatic carbocycles. The number of nitrogens with one attached hydrogen (secondary N) is 2. The number of nitrogens with zero attached hydrogens (tertiary/aromatic N) is 7. The molecular weight excluding hydrogens is 693 g/mol. The molecule has 2 aliphatic heterocycles. The van der Waals surface area contributed by atoms with Crippen molar-refractivity contribution in [3.05, 3.63) is 52.9 Å². The number of fused-ring (bicyclic) bond motifs is 1. The highest BCUT2D eigenvalue weighted by Gasteiger charge is 2.29. The van der Waals surface area contributed by atoms with E-state index in [1.54, 1.807) is 46.0 Å². The van der Waals surface area contributed by atoms with Crippen molar-refractivity contribution < 1.29 is 14.1 Å². The number of benzene rings is 2. The van der Waals surface area contributed by atoms with Crippen molar-refractivity contribution in [2.45, 2.75) is 39.2 Å². The summed E-state index contributed by atoms with van der Waals surface area (Å²) in [5.41, 5.74) is 5.12. The largest absolute Gasteiger partial charge is 0.494 e. The fourth-order valence-corrected chi connectivity index (χ4v) is 8.45. The van der Waals surface area contributed by atoms with Gasteiger partial charge >= 0.3 is 0 Å². The summed E-state index contributed by atoms with van der Waals surface area (Å²) in [6, 6.07) is 8.51. The third-order valence-corrected chi connectivity index (χ3v) is 11.4. The Morgan fingerprint density at radius 2 is 1.73 bits per heavy atom. The van der Waals surface area contributed by atoms with E-state index in [-0.39, 0.29) is 5.91 Å². The first kappa shape index (κ1) is 34.1. The van der Waals surface area contributed by atoms with Crippen LogP contribution in [0.4, 0.5) is 28.8 Å². The van der Waals surface area contributed by atoms with Crippen LogP contribution in [0.1, 0.15) is 32.3 Å². The fraction of sp³-hybridized carbons (Fsp3) is 0.441. The number of carbonyl (C=O) groups is 1. The van der Waals surface area contributed by atoms with Gasteiger partial charge < -0.3 is 29.7 Å². The van der Waals surface area contributed by atoms with Gasteiger partial charge in [-0.1, -0.05) is 6.92 Å². The first-order valence-electron chi connectivity index (χ1n) is 16.4. The van der Waals surface area contributed by atoms with Gasteiger partial charge in [0.05, 0.1) is 33.8 Å². The van der Waals surface area contributed by atoms with Crippen LogP contribution in [0.3, 0.4) is 0 Å². The smallest absolute Gasteiger partial charge is 0.229 e. The summed E-state index contributed by atoms with van der Waals surface area (Å²) in [5, 5.41) is 7.37.